The molecule has 0 bridgehead atoms. The fourth-order valence-corrected chi connectivity index (χ4v) is 3.15. The lowest BCUT2D eigenvalue weighted by Crippen LogP contribution is -2.48. The number of carbonyl (C=O) groups is 1. The number of amides is 1. The minimum atomic E-state index is -0.921. The third kappa shape index (κ3) is 5.72. The van der Waals surface area contributed by atoms with Gasteiger partial charge in [0.05, 0.1) is 18.8 Å². The van der Waals surface area contributed by atoms with Crippen LogP contribution in [0.25, 0.3) is 0 Å². The number of rotatable bonds is 8. The Bertz CT molecular complexity index is 565. The number of aliphatic hydroxyl groups excluding tert-OH is 2. The Morgan fingerprint density at radius 3 is 2.36 bits per heavy atom. The van der Waals surface area contributed by atoms with E-state index in [2.05, 4.69) is 0 Å². The highest BCUT2D eigenvalue weighted by molar-refractivity contribution is 5.77. The summed E-state index contributed by atoms with van der Waals surface area (Å²) >= 11 is 0. The van der Waals surface area contributed by atoms with Gasteiger partial charge in [0.15, 0.2) is 0 Å². The quantitative estimate of drug-likeness (QED) is 0.672. The monoisotopic (exact) mass is 351 g/mol. The molecule has 0 aromatic heterocycles. The van der Waals surface area contributed by atoms with E-state index >= 15 is 0 Å². The number of benzene rings is 1. The predicted molar refractivity (Wildman–Crippen MR) is 99.7 cm³/mol. The van der Waals surface area contributed by atoms with Crippen LogP contribution in [-0.2, 0) is 16.6 Å². The van der Waals surface area contributed by atoms with Crippen LogP contribution in [0.2, 0.25) is 0 Å². The zero-order chi connectivity index (χ0) is 19.2. The second-order valence-electron chi connectivity index (χ2n) is 7.51. The summed E-state index contributed by atoms with van der Waals surface area (Å²) in [5.74, 6) is 0.238. The molecule has 1 aromatic carbocycles. The molecule has 0 saturated heterocycles. The Labute approximate surface area is 151 Å². The highest BCUT2D eigenvalue weighted by Crippen LogP contribution is 2.31. The van der Waals surface area contributed by atoms with Gasteiger partial charge in [0.25, 0.3) is 0 Å². The maximum absolute atomic E-state index is 12.6. The van der Waals surface area contributed by atoms with Crippen LogP contribution in [0.15, 0.2) is 18.2 Å². The summed E-state index contributed by atoms with van der Waals surface area (Å²) in [4.78, 5) is 14.2. The zero-order valence-corrected chi connectivity index (χ0v) is 16.1. The van der Waals surface area contributed by atoms with Crippen LogP contribution in [0.1, 0.15) is 58.6 Å². The van der Waals surface area contributed by atoms with Gasteiger partial charge in [-0.05, 0) is 42.4 Å². The van der Waals surface area contributed by atoms with Gasteiger partial charge in [0, 0.05) is 13.0 Å². The van der Waals surface area contributed by atoms with E-state index in [-0.39, 0.29) is 29.7 Å². The normalized spacial score (nSPS) is 14.2. The number of hydrogen-bond donors (Lipinski definition) is 3. The lowest BCUT2D eigenvalue weighted by Gasteiger charge is -2.33. The van der Waals surface area contributed by atoms with Gasteiger partial charge < -0.3 is 20.2 Å². The second-order valence-corrected chi connectivity index (χ2v) is 7.51. The molecule has 2 atom stereocenters. The average Bonchev–Trinajstić information content (AvgIpc) is 2.56. The van der Waals surface area contributed by atoms with Crippen molar-refractivity contribution in [1.29, 1.82) is 0 Å². The molecule has 0 radical (unpaired) electrons. The number of aliphatic hydroxyl groups is 2. The first-order valence-corrected chi connectivity index (χ1v) is 9.06. The van der Waals surface area contributed by atoms with Gasteiger partial charge in [-0.2, -0.15) is 0 Å². The number of likely N-dealkylation sites (N-methyl/N-ethyl adjacent to an activating group) is 1. The molecular formula is C20H33NO4. The van der Waals surface area contributed by atoms with Gasteiger partial charge in [-0.1, -0.05) is 39.8 Å². The Morgan fingerprint density at radius 2 is 1.88 bits per heavy atom. The van der Waals surface area contributed by atoms with Crippen LogP contribution >= 0.6 is 0 Å². The third-order valence-electron chi connectivity index (χ3n) is 4.61. The summed E-state index contributed by atoms with van der Waals surface area (Å²) in [6.07, 6.45) is 0.575. The largest absolute Gasteiger partial charge is 0.508 e. The van der Waals surface area contributed by atoms with Crippen molar-refractivity contribution in [3.63, 3.8) is 0 Å². The molecule has 0 aliphatic rings. The smallest absolute Gasteiger partial charge is 0.223 e. The number of carbonyl (C=O) groups excluding carboxylic acids is 1. The number of aromatic hydroxyl groups is 1. The summed E-state index contributed by atoms with van der Waals surface area (Å²) in [7, 11) is 0. The number of aryl methyl sites for hydroxylation is 1. The maximum atomic E-state index is 12.6. The van der Waals surface area contributed by atoms with Crippen molar-refractivity contribution >= 4 is 5.91 Å². The highest BCUT2D eigenvalue weighted by atomic mass is 16.3. The first kappa shape index (κ1) is 21.5. The molecular weight excluding hydrogens is 318 g/mol. The fourth-order valence-electron chi connectivity index (χ4n) is 3.15. The maximum Gasteiger partial charge on any atom is 0.223 e. The molecule has 0 fully saturated rings. The predicted octanol–water partition coefficient (Wildman–Crippen LogP) is 2.60. The fraction of sp³-hybridized carbons (Fsp3) is 0.650. The first-order chi connectivity index (χ1) is 11.6. The lowest BCUT2D eigenvalue weighted by molar-refractivity contribution is -0.136. The van der Waals surface area contributed by atoms with Crippen LogP contribution in [0.5, 0.6) is 5.75 Å². The Balaban J connectivity index is 2.84. The van der Waals surface area contributed by atoms with E-state index in [4.69, 9.17) is 0 Å². The summed E-state index contributed by atoms with van der Waals surface area (Å²) in [5, 5.41) is 29.2. The highest BCUT2D eigenvalue weighted by Gasteiger charge is 2.26. The minimum Gasteiger partial charge on any atom is -0.508 e. The molecule has 0 spiro atoms. The van der Waals surface area contributed by atoms with Gasteiger partial charge >= 0.3 is 0 Å². The van der Waals surface area contributed by atoms with Gasteiger partial charge in [0.2, 0.25) is 5.91 Å². The topological polar surface area (TPSA) is 81.0 Å². The van der Waals surface area contributed by atoms with E-state index < -0.39 is 6.10 Å². The van der Waals surface area contributed by atoms with Crippen molar-refractivity contribution in [1.82, 2.24) is 4.90 Å². The van der Waals surface area contributed by atoms with Crippen LogP contribution < -0.4 is 0 Å². The molecule has 3 N–H and O–H groups in total. The van der Waals surface area contributed by atoms with Crippen molar-refractivity contribution in [2.24, 2.45) is 0 Å². The molecule has 1 rings (SSSR count). The summed E-state index contributed by atoms with van der Waals surface area (Å²) in [6, 6.07) is 5.11. The molecule has 0 aliphatic heterocycles. The molecule has 25 heavy (non-hydrogen) atoms. The Hall–Kier alpha value is -1.59. The number of phenolic OH excluding ortho intramolecular Hbond substituents is 1. The number of nitrogens with zero attached hydrogens (tertiary/aromatic N) is 1. The molecule has 0 aliphatic carbocycles. The minimum absolute atomic E-state index is 0.0350. The average molecular weight is 351 g/mol. The molecule has 2 unspecified atom stereocenters. The van der Waals surface area contributed by atoms with Crippen LogP contribution in [-0.4, -0.2) is 51.4 Å². The van der Waals surface area contributed by atoms with Gasteiger partial charge in [-0.3, -0.25) is 4.79 Å². The summed E-state index contributed by atoms with van der Waals surface area (Å²) < 4.78 is 0. The first-order valence-electron chi connectivity index (χ1n) is 9.06. The zero-order valence-electron chi connectivity index (χ0n) is 16.1. The van der Waals surface area contributed by atoms with Gasteiger partial charge in [-0.25, -0.2) is 0 Å². The number of hydrogen-bond acceptors (Lipinski definition) is 4. The van der Waals surface area contributed by atoms with Crippen molar-refractivity contribution < 1.29 is 20.1 Å². The molecule has 5 heteroatoms. The second kappa shape index (κ2) is 9.20. The molecule has 0 heterocycles. The molecule has 5 nitrogen and oxygen atoms in total. The number of phenols is 1. The van der Waals surface area contributed by atoms with E-state index in [1.807, 2.05) is 46.8 Å². The van der Waals surface area contributed by atoms with Gasteiger partial charge in [0.1, 0.15) is 5.75 Å². The van der Waals surface area contributed by atoms with E-state index in [0.717, 1.165) is 11.1 Å². The van der Waals surface area contributed by atoms with Crippen molar-refractivity contribution in [2.75, 3.05) is 13.2 Å². The molecule has 0 saturated carbocycles. The molecule has 1 amide bonds. The molecule has 142 valence electrons. The van der Waals surface area contributed by atoms with Crippen molar-refractivity contribution in [2.45, 2.75) is 71.4 Å². The summed E-state index contributed by atoms with van der Waals surface area (Å²) in [5.41, 5.74) is 1.70. The Kier molecular flexibility index (Phi) is 7.90. The SMILES string of the molecule is CCC(C(O)CO)N(CC)C(=O)CCc1ccc(O)c(C(C)(C)C)c1. The Morgan fingerprint density at radius 1 is 1.24 bits per heavy atom. The van der Waals surface area contributed by atoms with Crippen LogP contribution in [0.3, 0.4) is 0 Å². The summed E-state index contributed by atoms with van der Waals surface area (Å²) in [6.45, 7) is 10.0. The van der Waals surface area contributed by atoms with Crippen LogP contribution in [0.4, 0.5) is 0 Å². The lowest BCUT2D eigenvalue weighted by atomic mass is 9.85. The van der Waals surface area contributed by atoms with Crippen molar-refractivity contribution in [3.05, 3.63) is 29.3 Å². The third-order valence-corrected chi connectivity index (χ3v) is 4.61. The van der Waals surface area contributed by atoms with E-state index in [1.54, 1.807) is 11.0 Å². The van der Waals surface area contributed by atoms with Gasteiger partial charge in [-0.15, -0.1) is 0 Å². The van der Waals surface area contributed by atoms with E-state index in [0.29, 0.717) is 25.8 Å². The molecule has 1 aromatic rings. The van der Waals surface area contributed by atoms with E-state index in [1.165, 1.54) is 0 Å². The van der Waals surface area contributed by atoms with Crippen molar-refractivity contribution in [3.8, 4) is 5.75 Å². The van der Waals surface area contributed by atoms with Crippen LogP contribution in [0, 0.1) is 0 Å². The van der Waals surface area contributed by atoms with E-state index in [9.17, 15) is 20.1 Å². The standard InChI is InChI=1S/C20H33NO4/c1-6-16(18(24)13-22)21(7-2)19(25)11-9-14-8-10-17(23)15(12-14)20(3,4)5/h8,10,12,16,18,22-24H,6-7,9,11,13H2,1-5H3.